The van der Waals surface area contributed by atoms with Crippen LogP contribution in [0.3, 0.4) is 0 Å². The first kappa shape index (κ1) is 11.9. The number of nitrogens with two attached hydrogens (primary N) is 2. The van der Waals surface area contributed by atoms with Crippen molar-refractivity contribution in [2.24, 2.45) is 23.3 Å². The van der Waals surface area contributed by atoms with Crippen LogP contribution in [-0.2, 0) is 9.59 Å². The Hall–Kier alpha value is -1.10. The molecule has 5 N–H and O–H groups in total. The summed E-state index contributed by atoms with van der Waals surface area (Å²) in [6.07, 6.45) is -1.11. The monoisotopic (exact) mass is 188 g/mol. The van der Waals surface area contributed by atoms with Gasteiger partial charge in [-0.25, -0.2) is 0 Å². The molecule has 0 aromatic carbocycles. The van der Waals surface area contributed by atoms with Crippen LogP contribution in [0.15, 0.2) is 0 Å². The Morgan fingerprint density at radius 2 is 1.77 bits per heavy atom. The molecule has 0 heterocycles. The molecule has 0 aromatic rings. The maximum atomic E-state index is 10.8. The van der Waals surface area contributed by atoms with Crippen LogP contribution >= 0.6 is 0 Å². The average molecular weight is 188 g/mol. The molecule has 2 atom stereocenters. The van der Waals surface area contributed by atoms with Crippen molar-refractivity contribution in [3.63, 3.8) is 0 Å². The molecule has 0 aromatic heterocycles. The first-order valence-corrected chi connectivity index (χ1v) is 4.12. The standard InChI is InChI=1S/C8H16N2O3/c1-4(2)7(12)5(8(10)13)3-6(9)11/h4-5,7,12H,3H2,1-2H3,(H2,9,11)(H2,10,13). The smallest absolute Gasteiger partial charge is 0.223 e. The van der Waals surface area contributed by atoms with E-state index in [9.17, 15) is 14.7 Å². The molecule has 2 unspecified atom stereocenters. The van der Waals surface area contributed by atoms with Gasteiger partial charge in [0.2, 0.25) is 11.8 Å². The van der Waals surface area contributed by atoms with E-state index in [0.717, 1.165) is 0 Å². The Morgan fingerprint density at radius 1 is 1.31 bits per heavy atom. The average Bonchev–Trinajstić information content (AvgIpc) is 1.97. The minimum absolute atomic E-state index is 0.128. The third-order valence-corrected chi connectivity index (χ3v) is 1.88. The highest BCUT2D eigenvalue weighted by atomic mass is 16.3. The summed E-state index contributed by atoms with van der Waals surface area (Å²) >= 11 is 0. The Kier molecular flexibility index (Phi) is 4.40. The molecule has 5 heteroatoms. The van der Waals surface area contributed by atoms with Gasteiger partial charge in [-0.05, 0) is 5.92 Å². The Morgan fingerprint density at radius 3 is 2.00 bits per heavy atom. The van der Waals surface area contributed by atoms with Crippen LogP contribution in [0.4, 0.5) is 0 Å². The van der Waals surface area contributed by atoms with Gasteiger partial charge in [-0.1, -0.05) is 13.8 Å². The van der Waals surface area contributed by atoms with E-state index in [1.165, 1.54) is 0 Å². The highest BCUT2D eigenvalue weighted by Gasteiger charge is 2.28. The molecule has 2 amide bonds. The zero-order chi connectivity index (χ0) is 10.6. The normalized spacial score (nSPS) is 15.4. The van der Waals surface area contributed by atoms with Gasteiger partial charge >= 0.3 is 0 Å². The zero-order valence-electron chi connectivity index (χ0n) is 7.86. The molecule has 0 spiro atoms. The highest BCUT2D eigenvalue weighted by Crippen LogP contribution is 2.15. The quantitative estimate of drug-likeness (QED) is 0.514. The summed E-state index contributed by atoms with van der Waals surface area (Å²) in [5.74, 6) is -2.34. The van der Waals surface area contributed by atoms with Gasteiger partial charge in [0.25, 0.3) is 0 Å². The predicted octanol–water partition coefficient (Wildman–Crippen LogP) is -1.02. The van der Waals surface area contributed by atoms with E-state index < -0.39 is 23.8 Å². The topological polar surface area (TPSA) is 106 Å². The van der Waals surface area contributed by atoms with Crippen LogP contribution in [0.5, 0.6) is 0 Å². The number of aliphatic hydroxyl groups excluding tert-OH is 1. The van der Waals surface area contributed by atoms with Crippen molar-refractivity contribution >= 4 is 11.8 Å². The van der Waals surface area contributed by atoms with Crippen LogP contribution in [0.1, 0.15) is 20.3 Å². The van der Waals surface area contributed by atoms with Crippen molar-refractivity contribution in [2.45, 2.75) is 26.4 Å². The first-order chi connectivity index (χ1) is 5.86. The first-order valence-electron chi connectivity index (χ1n) is 4.12. The van der Waals surface area contributed by atoms with Crippen molar-refractivity contribution in [1.29, 1.82) is 0 Å². The van der Waals surface area contributed by atoms with Crippen molar-refractivity contribution in [1.82, 2.24) is 0 Å². The lowest BCUT2D eigenvalue weighted by molar-refractivity contribution is -0.131. The minimum Gasteiger partial charge on any atom is -0.392 e. The van der Waals surface area contributed by atoms with Crippen LogP contribution in [-0.4, -0.2) is 23.0 Å². The molecule has 76 valence electrons. The molecule has 0 aliphatic heterocycles. The van der Waals surface area contributed by atoms with Crippen molar-refractivity contribution in [3.8, 4) is 0 Å². The van der Waals surface area contributed by atoms with E-state index in [1.807, 2.05) is 0 Å². The Labute approximate surface area is 77.1 Å². The van der Waals surface area contributed by atoms with Crippen LogP contribution in [0.25, 0.3) is 0 Å². The lowest BCUT2D eigenvalue weighted by Crippen LogP contribution is -2.39. The zero-order valence-corrected chi connectivity index (χ0v) is 7.86. The van der Waals surface area contributed by atoms with E-state index in [2.05, 4.69) is 0 Å². The summed E-state index contributed by atoms with van der Waals surface area (Å²) in [7, 11) is 0. The maximum Gasteiger partial charge on any atom is 0.223 e. The number of carbonyl (C=O) groups excluding carboxylic acids is 2. The molecule has 0 saturated carbocycles. The number of primary amides is 2. The third kappa shape index (κ3) is 3.89. The minimum atomic E-state index is -0.912. The fourth-order valence-electron chi connectivity index (χ4n) is 1.07. The highest BCUT2D eigenvalue weighted by molar-refractivity contribution is 5.84. The summed E-state index contributed by atoms with van der Waals surface area (Å²) in [4.78, 5) is 21.4. The molecule has 0 saturated heterocycles. The second-order valence-corrected chi connectivity index (χ2v) is 3.41. The van der Waals surface area contributed by atoms with E-state index in [4.69, 9.17) is 11.5 Å². The number of rotatable bonds is 5. The molecule has 0 fully saturated rings. The molecule has 0 radical (unpaired) electrons. The summed E-state index contributed by atoms with van der Waals surface area (Å²) in [6, 6.07) is 0. The Balaban J connectivity index is 4.41. The lowest BCUT2D eigenvalue weighted by atomic mass is 9.90. The summed E-state index contributed by atoms with van der Waals surface area (Å²) in [5, 5.41) is 9.50. The largest absolute Gasteiger partial charge is 0.392 e. The molecule has 0 aliphatic rings. The lowest BCUT2D eigenvalue weighted by Gasteiger charge is -2.21. The van der Waals surface area contributed by atoms with Gasteiger partial charge in [-0.3, -0.25) is 9.59 Å². The molecule has 13 heavy (non-hydrogen) atoms. The van der Waals surface area contributed by atoms with E-state index in [-0.39, 0.29) is 12.3 Å². The van der Waals surface area contributed by atoms with Crippen molar-refractivity contribution < 1.29 is 14.7 Å². The van der Waals surface area contributed by atoms with E-state index in [1.54, 1.807) is 13.8 Å². The van der Waals surface area contributed by atoms with Gasteiger partial charge in [-0.2, -0.15) is 0 Å². The number of hydrogen-bond donors (Lipinski definition) is 3. The molecule has 5 nitrogen and oxygen atoms in total. The predicted molar refractivity (Wildman–Crippen MR) is 47.3 cm³/mol. The maximum absolute atomic E-state index is 10.8. The van der Waals surface area contributed by atoms with Gasteiger partial charge in [0.15, 0.2) is 0 Å². The molecule has 0 aliphatic carbocycles. The van der Waals surface area contributed by atoms with E-state index >= 15 is 0 Å². The molecular weight excluding hydrogens is 172 g/mol. The molecule has 0 rings (SSSR count). The number of hydrogen-bond acceptors (Lipinski definition) is 3. The molecular formula is C8H16N2O3. The summed E-state index contributed by atoms with van der Waals surface area (Å²) in [5.41, 5.74) is 9.93. The van der Waals surface area contributed by atoms with Gasteiger partial charge in [-0.15, -0.1) is 0 Å². The number of carbonyl (C=O) groups is 2. The van der Waals surface area contributed by atoms with Gasteiger partial charge < -0.3 is 16.6 Å². The summed E-state index contributed by atoms with van der Waals surface area (Å²) < 4.78 is 0. The van der Waals surface area contributed by atoms with Crippen molar-refractivity contribution in [3.05, 3.63) is 0 Å². The van der Waals surface area contributed by atoms with Crippen LogP contribution in [0.2, 0.25) is 0 Å². The van der Waals surface area contributed by atoms with Crippen molar-refractivity contribution in [2.75, 3.05) is 0 Å². The SMILES string of the molecule is CC(C)C(O)C(CC(N)=O)C(N)=O. The number of aliphatic hydroxyl groups is 1. The van der Waals surface area contributed by atoms with Gasteiger partial charge in [0.05, 0.1) is 12.0 Å². The summed E-state index contributed by atoms with van der Waals surface area (Å²) in [6.45, 7) is 3.48. The second-order valence-electron chi connectivity index (χ2n) is 3.41. The van der Waals surface area contributed by atoms with Crippen LogP contribution in [0, 0.1) is 11.8 Å². The fourth-order valence-corrected chi connectivity index (χ4v) is 1.07. The Bertz CT molecular complexity index is 204. The second kappa shape index (κ2) is 4.81. The molecule has 0 bridgehead atoms. The number of amides is 2. The third-order valence-electron chi connectivity index (χ3n) is 1.88. The van der Waals surface area contributed by atoms with E-state index in [0.29, 0.717) is 0 Å². The van der Waals surface area contributed by atoms with Gasteiger partial charge in [0.1, 0.15) is 0 Å². The van der Waals surface area contributed by atoms with Gasteiger partial charge in [0, 0.05) is 6.42 Å². The van der Waals surface area contributed by atoms with Crippen LogP contribution < -0.4 is 11.5 Å². The fraction of sp³-hybridized carbons (Fsp3) is 0.750.